The van der Waals surface area contributed by atoms with Crippen molar-refractivity contribution in [3.05, 3.63) is 34.6 Å². The third-order valence-electron chi connectivity index (χ3n) is 3.99. The average Bonchev–Trinajstić information content (AvgIpc) is 2.59. The number of aromatic amines is 1. The summed E-state index contributed by atoms with van der Waals surface area (Å²) in [4.78, 5) is 29.7. The average molecular weight is 331 g/mol. The van der Waals surface area contributed by atoms with Crippen LogP contribution in [0.1, 0.15) is 32.9 Å². The second-order valence-electron chi connectivity index (χ2n) is 5.28. The SMILES string of the molecule is CCC(=O)N1c2ccccc2-c2c(=O)[nH]c(SC)n[n+]2C1CC. The standard InChI is InChI=1S/C16H18N4O2S/c1-4-12-19(13(21)5-2)11-9-7-6-8-10(11)14-15(22)17-16(23-3)18-20(12)14/h6-9,12H,4-5H2,1-3H3/p+1. The van der Waals surface area contributed by atoms with E-state index in [-0.39, 0.29) is 17.6 Å². The fraction of sp³-hybridized carbons (Fsp3) is 0.375. The van der Waals surface area contributed by atoms with E-state index in [1.807, 2.05) is 44.4 Å². The molecule has 1 amide bonds. The van der Waals surface area contributed by atoms with Crippen LogP contribution < -0.4 is 15.1 Å². The summed E-state index contributed by atoms with van der Waals surface area (Å²) in [6.45, 7) is 3.84. The van der Waals surface area contributed by atoms with Gasteiger partial charge in [0.1, 0.15) is 0 Å². The minimum absolute atomic E-state index is 0.0234. The third-order valence-corrected chi connectivity index (χ3v) is 4.56. The highest BCUT2D eigenvalue weighted by Gasteiger charge is 2.43. The topological polar surface area (TPSA) is 69.9 Å². The molecule has 1 unspecified atom stereocenters. The highest BCUT2D eigenvalue weighted by atomic mass is 32.2. The minimum atomic E-state index is -0.291. The molecule has 0 aliphatic carbocycles. The molecule has 0 saturated carbocycles. The number of para-hydroxylation sites is 1. The summed E-state index contributed by atoms with van der Waals surface area (Å²) in [5.41, 5.74) is 1.83. The molecule has 7 heteroatoms. The number of H-pyrrole nitrogens is 1. The van der Waals surface area contributed by atoms with Crippen molar-refractivity contribution in [1.29, 1.82) is 0 Å². The van der Waals surface area contributed by atoms with Crippen molar-refractivity contribution in [1.82, 2.24) is 10.1 Å². The number of thioether (sulfide) groups is 1. The van der Waals surface area contributed by atoms with Crippen molar-refractivity contribution in [3.8, 4) is 11.3 Å². The molecule has 23 heavy (non-hydrogen) atoms. The zero-order valence-electron chi connectivity index (χ0n) is 13.4. The molecule has 1 aromatic carbocycles. The van der Waals surface area contributed by atoms with E-state index in [1.54, 1.807) is 9.58 Å². The number of nitrogens with one attached hydrogen (secondary N) is 1. The minimum Gasteiger partial charge on any atom is -0.291 e. The molecule has 1 aromatic heterocycles. The van der Waals surface area contributed by atoms with Gasteiger partial charge in [0.15, 0.2) is 0 Å². The Balaban J connectivity index is 2.35. The van der Waals surface area contributed by atoms with Gasteiger partial charge in [-0.3, -0.25) is 14.6 Å². The first-order valence-electron chi connectivity index (χ1n) is 7.63. The number of amides is 1. The Bertz CT molecular complexity index is 818. The molecular formula is C16H19N4O2S+. The maximum absolute atomic E-state index is 12.6. The number of nitrogens with zero attached hydrogens (tertiary/aromatic N) is 3. The first kappa shape index (κ1) is 15.7. The van der Waals surface area contributed by atoms with Gasteiger partial charge >= 0.3 is 11.3 Å². The van der Waals surface area contributed by atoms with Crippen molar-refractivity contribution in [2.24, 2.45) is 0 Å². The first-order valence-corrected chi connectivity index (χ1v) is 8.86. The van der Waals surface area contributed by atoms with Crippen molar-refractivity contribution >= 4 is 23.4 Å². The molecular weight excluding hydrogens is 312 g/mol. The van der Waals surface area contributed by atoms with Gasteiger partial charge in [0, 0.05) is 17.9 Å². The zero-order valence-corrected chi connectivity index (χ0v) is 14.2. The Labute approximate surface area is 138 Å². The Hall–Kier alpha value is -2.15. The molecule has 1 aliphatic rings. The Morgan fingerprint density at radius 1 is 1.39 bits per heavy atom. The molecule has 1 aliphatic heterocycles. The number of hydrogen-bond donors (Lipinski definition) is 1. The van der Waals surface area contributed by atoms with Gasteiger partial charge in [-0.25, -0.2) is 4.90 Å². The van der Waals surface area contributed by atoms with Gasteiger partial charge < -0.3 is 0 Å². The van der Waals surface area contributed by atoms with Crippen LogP contribution in [0.2, 0.25) is 0 Å². The van der Waals surface area contributed by atoms with Gasteiger partial charge in [-0.2, -0.15) is 0 Å². The summed E-state index contributed by atoms with van der Waals surface area (Å²) >= 11 is 1.37. The lowest BCUT2D eigenvalue weighted by Gasteiger charge is -2.31. The summed E-state index contributed by atoms with van der Waals surface area (Å²) in [6.07, 6.45) is 2.64. The fourth-order valence-corrected chi connectivity index (χ4v) is 3.33. The summed E-state index contributed by atoms with van der Waals surface area (Å²) < 4.78 is 1.69. The van der Waals surface area contributed by atoms with Crippen LogP contribution >= 0.6 is 11.8 Å². The Kier molecular flexibility index (Phi) is 4.21. The van der Waals surface area contributed by atoms with E-state index in [0.717, 1.165) is 11.3 Å². The summed E-state index contributed by atoms with van der Waals surface area (Å²) in [6, 6.07) is 7.50. The molecule has 3 rings (SSSR count). The Morgan fingerprint density at radius 3 is 2.78 bits per heavy atom. The summed E-state index contributed by atoms with van der Waals surface area (Å²) in [5, 5.41) is 5.08. The van der Waals surface area contributed by atoms with Gasteiger partial charge in [-0.15, -0.1) is 0 Å². The van der Waals surface area contributed by atoms with Crippen LogP contribution in [-0.2, 0) is 4.79 Å². The van der Waals surface area contributed by atoms with Crippen LogP contribution in [0.4, 0.5) is 5.69 Å². The van der Waals surface area contributed by atoms with Crippen molar-refractivity contribution in [2.75, 3.05) is 11.2 Å². The first-order chi connectivity index (χ1) is 11.1. The second-order valence-corrected chi connectivity index (χ2v) is 6.07. The summed E-state index contributed by atoms with van der Waals surface area (Å²) in [5.74, 6) is 0.0234. The molecule has 6 nitrogen and oxygen atoms in total. The van der Waals surface area contributed by atoms with Gasteiger partial charge in [0.2, 0.25) is 11.1 Å². The molecule has 1 N–H and O–H groups in total. The maximum atomic E-state index is 12.6. The number of carbonyl (C=O) groups is 1. The Morgan fingerprint density at radius 2 is 2.13 bits per heavy atom. The summed E-state index contributed by atoms with van der Waals surface area (Å²) in [7, 11) is 0. The van der Waals surface area contributed by atoms with E-state index < -0.39 is 0 Å². The predicted molar refractivity (Wildman–Crippen MR) is 89.4 cm³/mol. The number of hydrogen-bond acceptors (Lipinski definition) is 4. The molecule has 0 spiro atoms. The van der Waals surface area contributed by atoms with Gasteiger partial charge in [-0.05, 0) is 18.4 Å². The number of carbonyl (C=O) groups excluding carboxylic acids is 1. The van der Waals surface area contributed by atoms with Crippen LogP contribution in [0.25, 0.3) is 11.3 Å². The zero-order chi connectivity index (χ0) is 16.6. The van der Waals surface area contributed by atoms with E-state index in [1.165, 1.54) is 11.8 Å². The molecule has 0 bridgehead atoms. The van der Waals surface area contributed by atoms with E-state index in [0.29, 0.717) is 23.7 Å². The predicted octanol–water partition coefficient (Wildman–Crippen LogP) is 2.11. The smallest absolute Gasteiger partial charge is 0.291 e. The highest BCUT2D eigenvalue weighted by molar-refractivity contribution is 7.98. The van der Waals surface area contributed by atoms with Crippen LogP contribution in [-0.4, -0.2) is 22.2 Å². The molecule has 2 heterocycles. The molecule has 1 atom stereocenters. The number of aromatic nitrogens is 3. The molecule has 0 radical (unpaired) electrons. The normalized spacial score (nSPS) is 16.0. The number of anilines is 1. The van der Waals surface area contributed by atoms with E-state index in [9.17, 15) is 9.59 Å². The van der Waals surface area contributed by atoms with Gasteiger partial charge in [-0.1, -0.05) is 42.4 Å². The third kappa shape index (κ3) is 2.45. The number of fused-ring (bicyclic) bond motifs is 3. The van der Waals surface area contributed by atoms with Crippen LogP contribution in [0.3, 0.4) is 0 Å². The van der Waals surface area contributed by atoms with Crippen LogP contribution in [0.5, 0.6) is 0 Å². The van der Waals surface area contributed by atoms with E-state index in [2.05, 4.69) is 10.1 Å². The lowest BCUT2D eigenvalue weighted by atomic mass is 10.0. The largest absolute Gasteiger partial charge is 0.325 e. The van der Waals surface area contributed by atoms with Gasteiger partial charge in [0.25, 0.3) is 6.17 Å². The highest BCUT2D eigenvalue weighted by Crippen LogP contribution is 2.35. The molecule has 0 saturated heterocycles. The number of rotatable bonds is 3. The van der Waals surface area contributed by atoms with Crippen LogP contribution in [0.15, 0.2) is 34.2 Å². The van der Waals surface area contributed by atoms with Crippen molar-refractivity contribution in [2.45, 2.75) is 38.0 Å². The van der Waals surface area contributed by atoms with Crippen molar-refractivity contribution < 1.29 is 9.48 Å². The molecule has 0 fully saturated rings. The van der Waals surface area contributed by atoms with Crippen LogP contribution in [0, 0.1) is 0 Å². The second kappa shape index (κ2) is 6.16. The lowest BCUT2D eigenvalue weighted by Crippen LogP contribution is -2.60. The van der Waals surface area contributed by atoms with Gasteiger partial charge in [0.05, 0.1) is 11.3 Å². The molecule has 120 valence electrons. The lowest BCUT2D eigenvalue weighted by molar-refractivity contribution is -0.771. The fourth-order valence-electron chi connectivity index (χ4n) is 2.97. The van der Waals surface area contributed by atoms with E-state index >= 15 is 0 Å². The maximum Gasteiger partial charge on any atom is 0.325 e. The quantitative estimate of drug-likeness (QED) is 0.691. The molecule has 2 aromatic rings. The van der Waals surface area contributed by atoms with E-state index in [4.69, 9.17) is 0 Å². The van der Waals surface area contributed by atoms with Crippen molar-refractivity contribution in [3.63, 3.8) is 0 Å². The number of benzene rings is 1. The monoisotopic (exact) mass is 331 g/mol.